The van der Waals surface area contributed by atoms with Gasteiger partial charge in [-0.25, -0.2) is 17.5 Å². The van der Waals surface area contributed by atoms with Crippen molar-refractivity contribution < 1.29 is 22.7 Å². The molecule has 0 aliphatic carbocycles. The van der Waals surface area contributed by atoms with Crippen LogP contribution in [0.5, 0.6) is 0 Å². The second-order valence-corrected chi connectivity index (χ2v) is 7.91. The number of amides is 1. The van der Waals surface area contributed by atoms with Gasteiger partial charge in [-0.05, 0) is 36.8 Å². The first-order valence-corrected chi connectivity index (χ1v) is 9.21. The third-order valence-electron chi connectivity index (χ3n) is 3.60. The van der Waals surface area contributed by atoms with Crippen LogP contribution in [0.15, 0.2) is 53.4 Å². The van der Waals surface area contributed by atoms with E-state index in [0.29, 0.717) is 11.3 Å². The van der Waals surface area contributed by atoms with Crippen LogP contribution in [0.3, 0.4) is 0 Å². The minimum absolute atomic E-state index is 0.0530. The van der Waals surface area contributed by atoms with Crippen molar-refractivity contribution in [2.45, 2.75) is 11.8 Å². The second-order valence-electron chi connectivity index (χ2n) is 5.75. The number of carbonyl (C=O) groups excluding carboxylic acids is 2. The number of aryl methyl sites for hydroxylation is 1. The summed E-state index contributed by atoms with van der Waals surface area (Å²) in [5.74, 6) is -1.16. The first-order chi connectivity index (χ1) is 12.2. The lowest BCUT2D eigenvalue weighted by atomic mass is 10.1. The van der Waals surface area contributed by atoms with Gasteiger partial charge in [0, 0.05) is 19.8 Å². The predicted octanol–water partition coefficient (Wildman–Crippen LogP) is 2.04. The highest BCUT2D eigenvalue weighted by Gasteiger charge is 2.18. The van der Waals surface area contributed by atoms with Gasteiger partial charge >= 0.3 is 5.97 Å². The van der Waals surface area contributed by atoms with Crippen molar-refractivity contribution >= 4 is 27.6 Å². The van der Waals surface area contributed by atoms with Crippen molar-refractivity contribution in [3.05, 3.63) is 59.7 Å². The highest BCUT2D eigenvalue weighted by atomic mass is 32.2. The number of hydrogen-bond donors (Lipinski definition) is 1. The Hall–Kier alpha value is -2.71. The Bertz CT molecular complexity index is 923. The molecule has 0 aliphatic rings. The molecule has 0 spiro atoms. The molecule has 0 fully saturated rings. The monoisotopic (exact) mass is 376 g/mol. The third kappa shape index (κ3) is 4.68. The van der Waals surface area contributed by atoms with Gasteiger partial charge in [0.05, 0.1) is 10.5 Å². The maximum atomic E-state index is 12.1. The van der Waals surface area contributed by atoms with Crippen molar-refractivity contribution in [1.29, 1.82) is 0 Å². The maximum Gasteiger partial charge on any atom is 0.338 e. The number of sulfonamides is 1. The molecular weight excluding hydrogens is 356 g/mol. The lowest BCUT2D eigenvalue weighted by Crippen LogP contribution is -2.23. The molecule has 0 bridgehead atoms. The molecule has 0 radical (unpaired) electrons. The average molecular weight is 376 g/mol. The van der Waals surface area contributed by atoms with E-state index >= 15 is 0 Å². The van der Waals surface area contributed by atoms with Crippen LogP contribution in [0, 0.1) is 6.92 Å². The van der Waals surface area contributed by atoms with Gasteiger partial charge in [-0.1, -0.05) is 24.3 Å². The fourth-order valence-corrected chi connectivity index (χ4v) is 3.10. The molecule has 0 aliphatic heterocycles. The van der Waals surface area contributed by atoms with Crippen molar-refractivity contribution in [3.63, 3.8) is 0 Å². The lowest BCUT2D eigenvalue weighted by Gasteiger charge is -2.13. The van der Waals surface area contributed by atoms with E-state index in [2.05, 4.69) is 5.32 Å². The fraction of sp³-hybridized carbons (Fsp3) is 0.222. The molecule has 1 N–H and O–H groups in total. The zero-order chi connectivity index (χ0) is 19.3. The molecule has 0 atom stereocenters. The minimum Gasteiger partial charge on any atom is -0.452 e. The van der Waals surface area contributed by atoms with Crippen molar-refractivity contribution in [2.75, 3.05) is 26.0 Å². The normalized spacial score (nSPS) is 11.2. The van der Waals surface area contributed by atoms with E-state index in [1.807, 2.05) is 0 Å². The molecule has 138 valence electrons. The average Bonchev–Trinajstić information content (AvgIpc) is 2.60. The van der Waals surface area contributed by atoms with Crippen molar-refractivity contribution in [3.8, 4) is 0 Å². The highest BCUT2D eigenvalue weighted by Crippen LogP contribution is 2.18. The van der Waals surface area contributed by atoms with E-state index in [1.165, 1.54) is 32.3 Å². The molecule has 8 heteroatoms. The van der Waals surface area contributed by atoms with Gasteiger partial charge in [0.1, 0.15) is 0 Å². The number of esters is 1. The molecule has 7 nitrogen and oxygen atoms in total. The Morgan fingerprint density at radius 2 is 1.77 bits per heavy atom. The summed E-state index contributed by atoms with van der Waals surface area (Å²) < 4.78 is 30.3. The quantitative estimate of drug-likeness (QED) is 0.779. The first kappa shape index (κ1) is 19.6. The van der Waals surface area contributed by atoms with Gasteiger partial charge in [0.2, 0.25) is 10.0 Å². The van der Waals surface area contributed by atoms with Gasteiger partial charge in [-0.15, -0.1) is 0 Å². The minimum atomic E-state index is -3.61. The van der Waals surface area contributed by atoms with Crippen LogP contribution in [-0.4, -0.2) is 45.3 Å². The number of rotatable bonds is 6. The van der Waals surface area contributed by atoms with Crippen molar-refractivity contribution in [1.82, 2.24) is 4.31 Å². The van der Waals surface area contributed by atoms with Gasteiger partial charge < -0.3 is 10.1 Å². The zero-order valence-electron chi connectivity index (χ0n) is 14.7. The maximum absolute atomic E-state index is 12.1. The Morgan fingerprint density at radius 1 is 1.08 bits per heavy atom. The first-order valence-electron chi connectivity index (χ1n) is 7.77. The Balaban J connectivity index is 2.00. The number of hydrogen-bond acceptors (Lipinski definition) is 5. The van der Waals surface area contributed by atoms with Crippen LogP contribution < -0.4 is 5.32 Å². The third-order valence-corrected chi connectivity index (χ3v) is 5.41. The van der Waals surface area contributed by atoms with Gasteiger partial charge in [0.25, 0.3) is 5.91 Å². The summed E-state index contributed by atoms with van der Waals surface area (Å²) in [5.41, 5.74) is 1.43. The predicted molar refractivity (Wildman–Crippen MR) is 97.4 cm³/mol. The smallest absolute Gasteiger partial charge is 0.338 e. The standard InChI is InChI=1S/C18H20N2O5S/c1-13-7-4-5-10-16(13)18(22)25-12-17(21)19-14-8-6-9-15(11-14)26(23,24)20(2)3/h4-11H,12H2,1-3H3,(H,19,21). The summed E-state index contributed by atoms with van der Waals surface area (Å²) in [4.78, 5) is 24.0. The van der Waals surface area contributed by atoms with Gasteiger partial charge in [-0.2, -0.15) is 0 Å². The summed E-state index contributed by atoms with van der Waals surface area (Å²) >= 11 is 0. The number of nitrogens with one attached hydrogen (secondary N) is 1. The van der Waals surface area contributed by atoms with E-state index < -0.39 is 28.5 Å². The molecule has 2 rings (SSSR count). The Morgan fingerprint density at radius 3 is 2.42 bits per heavy atom. The molecule has 0 unspecified atom stereocenters. The zero-order valence-corrected chi connectivity index (χ0v) is 15.5. The van der Waals surface area contributed by atoms with Crippen LogP contribution in [0.1, 0.15) is 15.9 Å². The molecule has 0 heterocycles. The van der Waals surface area contributed by atoms with Crippen LogP contribution in [0.4, 0.5) is 5.69 Å². The molecule has 2 aromatic rings. The Labute approximate surface area is 152 Å². The second kappa shape index (κ2) is 8.11. The fourth-order valence-electron chi connectivity index (χ4n) is 2.15. The highest BCUT2D eigenvalue weighted by molar-refractivity contribution is 7.89. The molecule has 0 aromatic heterocycles. The van der Waals surface area contributed by atoms with Gasteiger partial charge in [0.15, 0.2) is 6.61 Å². The number of nitrogens with zero attached hydrogens (tertiary/aromatic N) is 1. The molecule has 26 heavy (non-hydrogen) atoms. The molecule has 0 saturated carbocycles. The van der Waals surface area contributed by atoms with E-state index in [4.69, 9.17) is 4.74 Å². The number of carbonyl (C=O) groups is 2. The topological polar surface area (TPSA) is 92.8 Å². The summed E-state index contributed by atoms with van der Waals surface area (Å²) in [6.07, 6.45) is 0. The van der Waals surface area contributed by atoms with Crippen LogP contribution in [-0.2, 0) is 19.6 Å². The number of ether oxygens (including phenoxy) is 1. The van der Waals surface area contributed by atoms with E-state index in [1.54, 1.807) is 37.3 Å². The summed E-state index contributed by atoms with van der Waals surface area (Å²) in [5, 5.41) is 2.52. The van der Waals surface area contributed by atoms with E-state index in [0.717, 1.165) is 9.87 Å². The van der Waals surface area contributed by atoms with E-state index in [-0.39, 0.29) is 4.90 Å². The van der Waals surface area contributed by atoms with Crippen LogP contribution in [0.2, 0.25) is 0 Å². The molecule has 1 amide bonds. The molecule has 2 aromatic carbocycles. The van der Waals surface area contributed by atoms with E-state index in [9.17, 15) is 18.0 Å². The van der Waals surface area contributed by atoms with Gasteiger partial charge in [-0.3, -0.25) is 4.79 Å². The summed E-state index contributed by atoms with van der Waals surface area (Å²) in [6, 6.07) is 12.7. The molecular formula is C18H20N2O5S. The van der Waals surface area contributed by atoms with Crippen LogP contribution in [0.25, 0.3) is 0 Å². The van der Waals surface area contributed by atoms with Crippen molar-refractivity contribution in [2.24, 2.45) is 0 Å². The SMILES string of the molecule is Cc1ccccc1C(=O)OCC(=O)Nc1cccc(S(=O)(=O)N(C)C)c1. The largest absolute Gasteiger partial charge is 0.452 e. The number of benzene rings is 2. The molecule has 0 saturated heterocycles. The lowest BCUT2D eigenvalue weighted by molar-refractivity contribution is -0.119. The summed E-state index contributed by atoms with van der Waals surface area (Å²) in [7, 11) is -0.761. The summed E-state index contributed by atoms with van der Waals surface area (Å²) in [6.45, 7) is 1.30. The number of anilines is 1. The van der Waals surface area contributed by atoms with Crippen LogP contribution >= 0.6 is 0 Å². The Kier molecular flexibility index (Phi) is 6.12.